The summed E-state index contributed by atoms with van der Waals surface area (Å²) in [4.78, 5) is 33.3. The molecule has 0 saturated carbocycles. The lowest BCUT2D eigenvalue weighted by molar-refractivity contribution is -0.142. The molecule has 0 aliphatic heterocycles. The molecule has 0 bridgehead atoms. The van der Waals surface area contributed by atoms with Crippen molar-refractivity contribution in [1.82, 2.24) is 10.6 Å². The van der Waals surface area contributed by atoms with Gasteiger partial charge in [-0.1, -0.05) is 13.8 Å². The van der Waals surface area contributed by atoms with E-state index in [1.165, 1.54) is 13.8 Å². The lowest BCUT2D eigenvalue weighted by Gasteiger charge is -2.24. The normalized spacial score (nSPS) is 13.0. The Balaban J connectivity index is 4.55. The fraction of sp³-hybridized carbons (Fsp3) is 0.700. The molecule has 0 saturated heterocycles. The van der Waals surface area contributed by atoms with Gasteiger partial charge in [0.05, 0.1) is 0 Å². The van der Waals surface area contributed by atoms with Crippen molar-refractivity contribution >= 4 is 17.9 Å². The number of urea groups is 1. The van der Waals surface area contributed by atoms with Crippen LogP contribution in [-0.4, -0.2) is 34.6 Å². The van der Waals surface area contributed by atoms with Gasteiger partial charge < -0.3 is 21.5 Å². The van der Waals surface area contributed by atoms with Crippen LogP contribution in [0.5, 0.6) is 0 Å². The van der Waals surface area contributed by atoms with E-state index in [9.17, 15) is 14.4 Å². The topological polar surface area (TPSA) is 122 Å². The van der Waals surface area contributed by atoms with Crippen LogP contribution in [-0.2, 0) is 9.59 Å². The van der Waals surface area contributed by atoms with Crippen molar-refractivity contribution in [2.45, 2.75) is 39.3 Å². The highest BCUT2D eigenvalue weighted by molar-refractivity contribution is 5.89. The lowest BCUT2D eigenvalue weighted by atomic mass is 10.0. The molecule has 0 aliphatic rings. The first-order valence-electron chi connectivity index (χ1n) is 5.19. The number of carboxylic acids is 1. The summed E-state index contributed by atoms with van der Waals surface area (Å²) in [5, 5.41) is 13.4. The van der Waals surface area contributed by atoms with Crippen LogP contribution in [0.15, 0.2) is 0 Å². The Bertz CT molecular complexity index is 326. The minimum absolute atomic E-state index is 0.175. The van der Waals surface area contributed by atoms with E-state index in [1.54, 1.807) is 13.8 Å². The van der Waals surface area contributed by atoms with Gasteiger partial charge in [0.2, 0.25) is 5.91 Å². The van der Waals surface area contributed by atoms with Gasteiger partial charge in [-0.25, -0.2) is 9.59 Å². The molecular formula is C10H19N3O4. The number of aliphatic carboxylic acids is 1. The van der Waals surface area contributed by atoms with Gasteiger partial charge >= 0.3 is 12.0 Å². The van der Waals surface area contributed by atoms with Gasteiger partial charge in [-0.05, 0) is 19.8 Å². The van der Waals surface area contributed by atoms with Gasteiger partial charge in [0.25, 0.3) is 0 Å². The second-order valence-electron chi connectivity index (χ2n) is 4.65. The Hall–Kier alpha value is -1.79. The molecule has 0 aromatic rings. The monoisotopic (exact) mass is 245 g/mol. The SMILES string of the molecule is CC(C)C(NC(=O)NC(C)(C)C(=O)O)C(N)=O. The Morgan fingerprint density at radius 3 is 2.00 bits per heavy atom. The molecule has 0 radical (unpaired) electrons. The highest BCUT2D eigenvalue weighted by Gasteiger charge is 2.30. The highest BCUT2D eigenvalue weighted by Crippen LogP contribution is 2.03. The van der Waals surface area contributed by atoms with E-state index >= 15 is 0 Å². The van der Waals surface area contributed by atoms with Crippen LogP contribution in [0.4, 0.5) is 4.79 Å². The summed E-state index contributed by atoms with van der Waals surface area (Å²) in [7, 11) is 0. The Labute approximate surface area is 99.7 Å². The van der Waals surface area contributed by atoms with Gasteiger partial charge in [-0.2, -0.15) is 0 Å². The van der Waals surface area contributed by atoms with Gasteiger partial charge in [0, 0.05) is 0 Å². The van der Waals surface area contributed by atoms with Gasteiger partial charge in [0.1, 0.15) is 11.6 Å². The van der Waals surface area contributed by atoms with Crippen molar-refractivity contribution in [1.29, 1.82) is 0 Å². The third-order valence-electron chi connectivity index (χ3n) is 2.22. The fourth-order valence-corrected chi connectivity index (χ4v) is 1.08. The maximum absolute atomic E-state index is 11.5. The van der Waals surface area contributed by atoms with Crippen molar-refractivity contribution in [3.63, 3.8) is 0 Å². The van der Waals surface area contributed by atoms with E-state index in [2.05, 4.69) is 10.6 Å². The molecule has 0 aromatic heterocycles. The van der Waals surface area contributed by atoms with Crippen LogP contribution in [0.1, 0.15) is 27.7 Å². The standard InChI is InChI=1S/C10H19N3O4/c1-5(2)6(7(11)14)12-9(17)13-10(3,4)8(15)16/h5-6H,1-4H3,(H2,11,14)(H,15,16)(H2,12,13,17). The van der Waals surface area contributed by atoms with Crippen LogP contribution in [0.25, 0.3) is 0 Å². The second kappa shape index (κ2) is 5.51. The molecular weight excluding hydrogens is 226 g/mol. The molecule has 1 unspecified atom stereocenters. The molecule has 5 N–H and O–H groups in total. The zero-order valence-corrected chi connectivity index (χ0v) is 10.4. The molecule has 3 amide bonds. The number of amides is 3. The summed E-state index contributed by atoms with van der Waals surface area (Å²) in [6.45, 7) is 6.11. The van der Waals surface area contributed by atoms with Crippen molar-refractivity contribution in [2.75, 3.05) is 0 Å². The molecule has 0 fully saturated rings. The summed E-state index contributed by atoms with van der Waals surface area (Å²) >= 11 is 0. The Kier molecular flexibility index (Phi) is 4.93. The molecule has 0 rings (SSSR count). The van der Waals surface area contributed by atoms with Gasteiger partial charge in [0.15, 0.2) is 0 Å². The molecule has 98 valence electrons. The summed E-state index contributed by atoms with van der Waals surface area (Å²) < 4.78 is 0. The third kappa shape index (κ3) is 4.71. The lowest BCUT2D eigenvalue weighted by Crippen LogP contribution is -2.57. The molecule has 7 heteroatoms. The molecule has 0 aliphatic carbocycles. The van der Waals surface area contributed by atoms with E-state index in [0.29, 0.717) is 0 Å². The third-order valence-corrected chi connectivity index (χ3v) is 2.22. The molecule has 0 heterocycles. The van der Waals surface area contributed by atoms with Crippen LogP contribution in [0, 0.1) is 5.92 Å². The number of hydrogen-bond acceptors (Lipinski definition) is 3. The quantitative estimate of drug-likeness (QED) is 0.529. The number of carbonyl (C=O) groups is 3. The average molecular weight is 245 g/mol. The van der Waals surface area contributed by atoms with E-state index in [-0.39, 0.29) is 5.92 Å². The molecule has 1 atom stereocenters. The zero-order valence-electron chi connectivity index (χ0n) is 10.4. The maximum atomic E-state index is 11.5. The van der Waals surface area contributed by atoms with Crippen molar-refractivity contribution < 1.29 is 19.5 Å². The summed E-state index contributed by atoms with van der Waals surface area (Å²) in [5.74, 6) is -2.01. The molecule has 17 heavy (non-hydrogen) atoms. The second-order valence-corrected chi connectivity index (χ2v) is 4.65. The van der Waals surface area contributed by atoms with Crippen LogP contribution < -0.4 is 16.4 Å². The number of nitrogens with two attached hydrogens (primary N) is 1. The van der Waals surface area contributed by atoms with Crippen molar-refractivity contribution in [3.8, 4) is 0 Å². The first kappa shape index (κ1) is 15.2. The van der Waals surface area contributed by atoms with Crippen LogP contribution >= 0.6 is 0 Å². The summed E-state index contributed by atoms with van der Waals surface area (Å²) in [6, 6.07) is -1.57. The molecule has 7 nitrogen and oxygen atoms in total. The first-order chi connectivity index (χ1) is 7.58. The smallest absolute Gasteiger partial charge is 0.328 e. The van der Waals surface area contributed by atoms with E-state index in [0.717, 1.165) is 0 Å². The van der Waals surface area contributed by atoms with E-state index in [4.69, 9.17) is 10.8 Å². The van der Waals surface area contributed by atoms with Gasteiger partial charge in [-0.3, -0.25) is 4.79 Å². The number of carbonyl (C=O) groups excluding carboxylic acids is 2. The first-order valence-corrected chi connectivity index (χ1v) is 5.19. The number of hydrogen-bond donors (Lipinski definition) is 4. The Morgan fingerprint density at radius 1 is 1.24 bits per heavy atom. The highest BCUT2D eigenvalue weighted by atomic mass is 16.4. The fourth-order valence-electron chi connectivity index (χ4n) is 1.08. The van der Waals surface area contributed by atoms with Crippen molar-refractivity contribution in [3.05, 3.63) is 0 Å². The van der Waals surface area contributed by atoms with Crippen LogP contribution in [0.2, 0.25) is 0 Å². The zero-order chi connectivity index (χ0) is 13.8. The number of rotatable bonds is 5. The predicted molar refractivity (Wildman–Crippen MR) is 61.2 cm³/mol. The number of primary amides is 1. The van der Waals surface area contributed by atoms with Gasteiger partial charge in [-0.15, -0.1) is 0 Å². The summed E-state index contributed by atoms with van der Waals surface area (Å²) in [6.07, 6.45) is 0. The number of carboxylic acid groups (broad SMARTS) is 1. The van der Waals surface area contributed by atoms with E-state index < -0.39 is 29.5 Å². The van der Waals surface area contributed by atoms with Crippen LogP contribution in [0.3, 0.4) is 0 Å². The minimum atomic E-state index is -1.41. The maximum Gasteiger partial charge on any atom is 0.328 e. The Morgan fingerprint density at radius 2 is 1.71 bits per heavy atom. The number of nitrogens with one attached hydrogen (secondary N) is 2. The molecule has 0 aromatic carbocycles. The van der Waals surface area contributed by atoms with E-state index in [1.807, 2.05) is 0 Å². The average Bonchev–Trinajstić information content (AvgIpc) is 2.12. The predicted octanol–water partition coefficient (Wildman–Crippen LogP) is -0.341. The molecule has 0 spiro atoms. The largest absolute Gasteiger partial charge is 0.480 e. The summed E-state index contributed by atoms with van der Waals surface area (Å²) in [5.41, 5.74) is 3.70. The van der Waals surface area contributed by atoms with Crippen molar-refractivity contribution in [2.24, 2.45) is 11.7 Å². The minimum Gasteiger partial charge on any atom is -0.480 e.